The van der Waals surface area contributed by atoms with Crippen LogP contribution in [0, 0.1) is 5.41 Å². The molecular formula is C14H21ClN2O. The zero-order valence-electron chi connectivity index (χ0n) is 11.4. The Morgan fingerprint density at radius 2 is 1.94 bits per heavy atom. The van der Waals surface area contributed by atoms with Crippen molar-refractivity contribution in [2.45, 2.75) is 33.4 Å². The summed E-state index contributed by atoms with van der Waals surface area (Å²) in [5.74, 6) is -0.0672. The largest absolute Gasteiger partial charge is 0.340 e. The number of hydrogen-bond donors (Lipinski definition) is 1. The van der Waals surface area contributed by atoms with Crippen molar-refractivity contribution >= 4 is 17.5 Å². The summed E-state index contributed by atoms with van der Waals surface area (Å²) < 4.78 is 0. The number of nitrogens with zero attached hydrogens (tertiary/aromatic N) is 1. The Kier molecular flexibility index (Phi) is 4.77. The summed E-state index contributed by atoms with van der Waals surface area (Å²) in [4.78, 5) is 13.8. The SMILES string of the molecule is CN(Cc1ccccc1Cl)C(=O)[C@H](N)C(C)(C)C. The van der Waals surface area contributed by atoms with Crippen molar-refractivity contribution in [2.24, 2.45) is 11.1 Å². The first-order chi connectivity index (χ1) is 8.23. The molecule has 0 heterocycles. The van der Waals surface area contributed by atoms with Crippen molar-refractivity contribution in [3.63, 3.8) is 0 Å². The topological polar surface area (TPSA) is 46.3 Å². The molecule has 18 heavy (non-hydrogen) atoms. The van der Waals surface area contributed by atoms with Crippen molar-refractivity contribution in [1.82, 2.24) is 4.90 Å². The molecule has 0 aliphatic heterocycles. The first-order valence-electron chi connectivity index (χ1n) is 5.97. The van der Waals surface area contributed by atoms with Gasteiger partial charge in [0.15, 0.2) is 0 Å². The molecule has 0 aliphatic carbocycles. The highest BCUT2D eigenvalue weighted by Gasteiger charge is 2.29. The summed E-state index contributed by atoms with van der Waals surface area (Å²) in [7, 11) is 1.75. The van der Waals surface area contributed by atoms with Crippen LogP contribution in [0.5, 0.6) is 0 Å². The maximum atomic E-state index is 12.2. The molecular weight excluding hydrogens is 248 g/mol. The minimum atomic E-state index is -0.509. The molecule has 1 aromatic rings. The predicted octanol–water partition coefficient (Wildman–Crippen LogP) is 2.67. The molecule has 0 bridgehead atoms. The Balaban J connectivity index is 2.75. The lowest BCUT2D eigenvalue weighted by atomic mass is 9.86. The van der Waals surface area contributed by atoms with Gasteiger partial charge in [-0.1, -0.05) is 50.6 Å². The second-order valence-electron chi connectivity index (χ2n) is 5.63. The number of benzene rings is 1. The Morgan fingerprint density at radius 1 is 1.39 bits per heavy atom. The molecule has 0 spiro atoms. The molecule has 0 radical (unpaired) electrons. The third-order valence-corrected chi connectivity index (χ3v) is 3.31. The number of amides is 1. The smallest absolute Gasteiger partial charge is 0.240 e. The van der Waals surface area contributed by atoms with Gasteiger partial charge in [0.2, 0.25) is 5.91 Å². The molecule has 0 saturated heterocycles. The Bertz CT molecular complexity index is 426. The van der Waals surface area contributed by atoms with E-state index in [2.05, 4.69) is 0 Å². The highest BCUT2D eigenvalue weighted by molar-refractivity contribution is 6.31. The van der Waals surface area contributed by atoms with Crippen molar-refractivity contribution in [3.05, 3.63) is 34.9 Å². The van der Waals surface area contributed by atoms with E-state index in [4.69, 9.17) is 17.3 Å². The number of halogens is 1. The first kappa shape index (κ1) is 15.0. The second-order valence-corrected chi connectivity index (χ2v) is 6.04. The van der Waals surface area contributed by atoms with Gasteiger partial charge in [0.05, 0.1) is 6.04 Å². The van der Waals surface area contributed by atoms with Gasteiger partial charge in [-0.15, -0.1) is 0 Å². The van der Waals surface area contributed by atoms with Gasteiger partial charge in [-0.25, -0.2) is 0 Å². The molecule has 2 N–H and O–H groups in total. The lowest BCUT2D eigenvalue weighted by Gasteiger charge is -2.30. The number of hydrogen-bond acceptors (Lipinski definition) is 2. The van der Waals surface area contributed by atoms with Gasteiger partial charge in [0, 0.05) is 18.6 Å². The van der Waals surface area contributed by atoms with Crippen LogP contribution in [0.15, 0.2) is 24.3 Å². The van der Waals surface area contributed by atoms with Gasteiger partial charge < -0.3 is 10.6 Å². The second kappa shape index (κ2) is 5.72. The van der Waals surface area contributed by atoms with E-state index in [-0.39, 0.29) is 11.3 Å². The number of carbonyl (C=O) groups is 1. The van der Waals surface area contributed by atoms with Gasteiger partial charge in [-0.3, -0.25) is 4.79 Å². The molecule has 3 nitrogen and oxygen atoms in total. The van der Waals surface area contributed by atoms with Crippen LogP contribution in [-0.4, -0.2) is 23.9 Å². The lowest BCUT2D eigenvalue weighted by Crippen LogP contribution is -2.48. The van der Waals surface area contributed by atoms with Crippen molar-refractivity contribution in [3.8, 4) is 0 Å². The lowest BCUT2D eigenvalue weighted by molar-refractivity contribution is -0.134. The summed E-state index contributed by atoms with van der Waals surface area (Å²) in [6.45, 7) is 6.35. The molecule has 100 valence electrons. The summed E-state index contributed by atoms with van der Waals surface area (Å²) >= 11 is 6.07. The molecule has 0 aromatic heterocycles. The van der Waals surface area contributed by atoms with Crippen LogP contribution in [0.25, 0.3) is 0 Å². The number of rotatable bonds is 3. The Hall–Kier alpha value is -1.06. The molecule has 1 amide bonds. The van der Waals surface area contributed by atoms with Crippen LogP contribution in [-0.2, 0) is 11.3 Å². The normalized spacial score (nSPS) is 13.2. The van der Waals surface area contributed by atoms with Crippen LogP contribution >= 0.6 is 11.6 Å². The van der Waals surface area contributed by atoms with E-state index in [0.29, 0.717) is 11.6 Å². The van der Waals surface area contributed by atoms with Gasteiger partial charge in [0.1, 0.15) is 0 Å². The summed E-state index contributed by atoms with van der Waals surface area (Å²) in [6, 6.07) is 7.00. The maximum absolute atomic E-state index is 12.2. The summed E-state index contributed by atoms with van der Waals surface area (Å²) in [5.41, 5.74) is 6.65. The number of likely N-dealkylation sites (N-methyl/N-ethyl adjacent to an activating group) is 1. The number of carbonyl (C=O) groups excluding carboxylic acids is 1. The van der Waals surface area contributed by atoms with Crippen LogP contribution in [0.4, 0.5) is 0 Å². The van der Waals surface area contributed by atoms with Crippen LogP contribution < -0.4 is 5.73 Å². The fourth-order valence-electron chi connectivity index (χ4n) is 1.57. The molecule has 0 unspecified atom stereocenters. The average molecular weight is 269 g/mol. The first-order valence-corrected chi connectivity index (χ1v) is 6.35. The molecule has 0 saturated carbocycles. The standard InChI is InChI=1S/C14H21ClN2O/c1-14(2,3)12(16)13(18)17(4)9-10-7-5-6-8-11(10)15/h5-8,12H,9,16H2,1-4H3/t12-/m0/s1. The van der Waals surface area contributed by atoms with Crippen molar-refractivity contribution < 1.29 is 4.79 Å². The molecule has 0 fully saturated rings. The Labute approximate surface area is 114 Å². The van der Waals surface area contributed by atoms with Crippen LogP contribution in [0.3, 0.4) is 0 Å². The zero-order valence-corrected chi connectivity index (χ0v) is 12.2. The molecule has 1 rings (SSSR count). The van der Waals surface area contributed by atoms with Gasteiger partial charge in [-0.05, 0) is 17.0 Å². The van der Waals surface area contributed by atoms with E-state index < -0.39 is 6.04 Å². The van der Waals surface area contributed by atoms with Crippen molar-refractivity contribution in [2.75, 3.05) is 7.05 Å². The van der Waals surface area contributed by atoms with E-state index in [1.807, 2.05) is 45.0 Å². The van der Waals surface area contributed by atoms with E-state index in [0.717, 1.165) is 5.56 Å². The summed E-state index contributed by atoms with van der Waals surface area (Å²) in [6.07, 6.45) is 0. The van der Waals surface area contributed by atoms with E-state index in [9.17, 15) is 4.79 Å². The average Bonchev–Trinajstić information content (AvgIpc) is 2.29. The third-order valence-electron chi connectivity index (χ3n) is 2.94. The fourth-order valence-corrected chi connectivity index (χ4v) is 1.76. The minimum Gasteiger partial charge on any atom is -0.340 e. The molecule has 1 atom stereocenters. The summed E-state index contributed by atoms with van der Waals surface area (Å²) in [5, 5.41) is 0.668. The molecule has 0 aliphatic rings. The zero-order chi connectivity index (χ0) is 13.9. The van der Waals surface area contributed by atoms with Crippen LogP contribution in [0.2, 0.25) is 5.02 Å². The molecule has 1 aromatic carbocycles. The number of nitrogens with two attached hydrogens (primary N) is 1. The van der Waals surface area contributed by atoms with E-state index >= 15 is 0 Å². The minimum absolute atomic E-state index is 0.0672. The fraction of sp³-hybridized carbons (Fsp3) is 0.500. The van der Waals surface area contributed by atoms with E-state index in [1.54, 1.807) is 11.9 Å². The third kappa shape index (κ3) is 3.72. The van der Waals surface area contributed by atoms with Crippen LogP contribution in [0.1, 0.15) is 26.3 Å². The van der Waals surface area contributed by atoms with Gasteiger partial charge in [-0.2, -0.15) is 0 Å². The monoisotopic (exact) mass is 268 g/mol. The quantitative estimate of drug-likeness (QED) is 0.916. The van der Waals surface area contributed by atoms with E-state index in [1.165, 1.54) is 0 Å². The highest BCUT2D eigenvalue weighted by Crippen LogP contribution is 2.21. The maximum Gasteiger partial charge on any atom is 0.240 e. The van der Waals surface area contributed by atoms with Crippen molar-refractivity contribution in [1.29, 1.82) is 0 Å². The van der Waals surface area contributed by atoms with Gasteiger partial charge >= 0.3 is 0 Å². The van der Waals surface area contributed by atoms with Gasteiger partial charge in [0.25, 0.3) is 0 Å². The highest BCUT2D eigenvalue weighted by atomic mass is 35.5. The Morgan fingerprint density at radius 3 is 2.44 bits per heavy atom. The predicted molar refractivity (Wildman–Crippen MR) is 75.4 cm³/mol. The molecule has 4 heteroatoms.